The van der Waals surface area contributed by atoms with Crippen LogP contribution in [-0.4, -0.2) is 42.6 Å². The first-order valence-corrected chi connectivity index (χ1v) is 36.4. The number of hydrogen-bond acceptors (Lipinski definition) is 10. The molecule has 0 heterocycles. The highest BCUT2D eigenvalue weighted by Crippen LogP contribution is 2.53. The van der Waals surface area contributed by atoms with Gasteiger partial charge in [-0.15, -0.1) is 0 Å². The molecule has 542 valence electrons. The van der Waals surface area contributed by atoms with Crippen molar-refractivity contribution in [2.24, 2.45) is 0 Å². The van der Waals surface area contributed by atoms with E-state index >= 15 is 9.59 Å². The van der Waals surface area contributed by atoms with E-state index in [0.717, 1.165) is 66.8 Å². The topological polar surface area (TPSA) is 174 Å². The minimum atomic E-state index is -0.850. The summed E-state index contributed by atoms with van der Waals surface area (Å²) in [5.74, 6) is -0.389. The second-order valence-electron chi connectivity index (χ2n) is 31.4. The number of ether oxygens (including phenoxy) is 2. The predicted molar refractivity (Wildman–Crippen MR) is 432 cm³/mol. The highest BCUT2D eigenvalue weighted by Gasteiger charge is 2.38. The van der Waals surface area contributed by atoms with Gasteiger partial charge in [0.25, 0.3) is 0 Å². The summed E-state index contributed by atoms with van der Waals surface area (Å²) in [5.41, 5.74) is 12.2. The molecular formula is C98H90O10. The molecule has 0 aromatic heterocycles. The number of aromatic hydroxyl groups is 6. The lowest BCUT2D eigenvalue weighted by Gasteiger charge is -2.30. The second-order valence-corrected chi connectivity index (χ2v) is 31.4. The molecule has 0 spiro atoms. The minimum absolute atomic E-state index is 0.0787. The van der Waals surface area contributed by atoms with Gasteiger partial charge in [-0.25, -0.2) is 9.59 Å². The second kappa shape index (κ2) is 28.8. The van der Waals surface area contributed by atoms with Gasteiger partial charge in [0.05, 0.1) is 11.1 Å². The normalized spacial score (nSPS) is 12.2. The summed E-state index contributed by atoms with van der Waals surface area (Å²) in [7, 11) is 0. The zero-order chi connectivity index (χ0) is 76.8. The molecule has 6 N–H and O–H groups in total. The van der Waals surface area contributed by atoms with E-state index in [9.17, 15) is 30.6 Å². The molecule has 0 bridgehead atoms. The average molecular weight is 1430 g/mol. The maximum atomic E-state index is 17.0. The number of phenolic OH excluding ortho intramolecular Hbond substituents is 6. The fourth-order valence-corrected chi connectivity index (χ4v) is 15.0. The molecule has 10 heteroatoms. The fraction of sp³-hybridized carbons (Fsp3) is 0.184. The molecule has 0 atom stereocenters. The minimum Gasteiger partial charge on any atom is -0.508 e. The zero-order valence-electron chi connectivity index (χ0n) is 63.0. The number of phenols is 6. The fourth-order valence-electron chi connectivity index (χ4n) is 15.0. The third-order valence-corrected chi connectivity index (χ3v) is 22.6. The van der Waals surface area contributed by atoms with Gasteiger partial charge in [0.15, 0.2) is 0 Å². The van der Waals surface area contributed by atoms with Gasteiger partial charge in [-0.2, -0.15) is 0 Å². The van der Waals surface area contributed by atoms with Gasteiger partial charge in [-0.05, 0) is 197 Å². The van der Waals surface area contributed by atoms with Crippen LogP contribution in [0, 0.1) is 0 Å². The van der Waals surface area contributed by atoms with Crippen LogP contribution in [0.25, 0.3) is 44.5 Å². The molecule has 108 heavy (non-hydrogen) atoms. The Hall–Kier alpha value is -12.4. The summed E-state index contributed by atoms with van der Waals surface area (Å²) in [4.78, 5) is 34.0. The number of hydrogen-bond donors (Lipinski definition) is 6. The number of benzene rings is 13. The van der Waals surface area contributed by atoms with Gasteiger partial charge in [-0.3, -0.25) is 0 Å². The summed E-state index contributed by atoms with van der Waals surface area (Å²) in [6.07, 6.45) is 0. The predicted octanol–water partition coefficient (Wildman–Crippen LogP) is 23.0. The van der Waals surface area contributed by atoms with Crippen molar-refractivity contribution in [2.45, 2.75) is 116 Å². The van der Waals surface area contributed by atoms with Gasteiger partial charge >= 0.3 is 11.9 Å². The molecule has 13 aromatic carbocycles. The van der Waals surface area contributed by atoms with Crippen LogP contribution < -0.4 is 9.47 Å². The SMILES string of the molecule is CC(C)(c1ccc(O)cc1)c1ccc(OC(=O)c2c(C(=O)Oc3ccc(C(C)(C)c4ccc(O)cc4)cc3)c(-c3ccc(C(C)(C)c4ccc(O)cc4)cc3)c(-c3ccc(C(C)(C)c4ccc(O)cc4)cc3)c(-c3ccc(C(C)(C)c4ccc(O)cc4)cc3)c2-c2ccc(C(C)(C)c3ccc(O)cc3)cc2)cc1. The average Bonchev–Trinajstić information content (AvgIpc) is 0.713. The molecule has 0 amide bonds. The standard InChI is InChI=1S/C98H90O10/c1-93(2,69-29-45-77(99)46-30-69)65-21-13-61(14-22-65)85-86(62-15-23-66(24-16-62)94(3,4)70-31-47-78(100)48-32-70)88(64-19-27-68(28-20-64)96(7,8)72-35-51-80(102)52-36-72)90(92(106)108-84-59-43-76(44-60-84)98(11,12)74-39-55-82(104)56-40-74)89(87(85)63-17-25-67(26-18-63)95(5,6)71-33-49-79(101)50-34-71)91(105)107-83-57-41-75(42-58-83)97(9,10)73-37-53-81(103)54-38-73/h13-60,99-104H,1-12H3. The highest BCUT2D eigenvalue weighted by atomic mass is 16.5. The monoisotopic (exact) mass is 1430 g/mol. The highest BCUT2D eigenvalue weighted by molar-refractivity contribution is 6.20. The van der Waals surface area contributed by atoms with E-state index in [-0.39, 0.29) is 57.1 Å². The van der Waals surface area contributed by atoms with E-state index in [2.05, 4.69) is 132 Å². The van der Waals surface area contributed by atoms with Crippen molar-refractivity contribution >= 4 is 11.9 Å². The van der Waals surface area contributed by atoms with Crippen LogP contribution in [-0.2, 0) is 32.5 Å². The molecular weight excluding hydrogens is 1340 g/mol. The van der Waals surface area contributed by atoms with Crippen molar-refractivity contribution in [3.63, 3.8) is 0 Å². The summed E-state index contributed by atoms with van der Waals surface area (Å²) in [6, 6.07) is 90.5. The molecule has 10 nitrogen and oxygen atoms in total. The first-order valence-electron chi connectivity index (χ1n) is 36.4. The van der Waals surface area contributed by atoms with E-state index in [1.807, 2.05) is 146 Å². The molecule has 0 aliphatic heterocycles. The summed E-state index contributed by atoms with van der Waals surface area (Å²) < 4.78 is 13.7. The Morgan fingerprint density at radius 1 is 0.194 bits per heavy atom. The molecule has 0 saturated heterocycles. The Kier molecular flexibility index (Phi) is 19.7. The van der Waals surface area contributed by atoms with Crippen molar-refractivity contribution < 1.29 is 49.7 Å². The van der Waals surface area contributed by atoms with Crippen LogP contribution in [0.3, 0.4) is 0 Å². The van der Waals surface area contributed by atoms with Crippen LogP contribution >= 0.6 is 0 Å². The van der Waals surface area contributed by atoms with Crippen LogP contribution in [0.15, 0.2) is 291 Å². The lowest BCUT2D eigenvalue weighted by atomic mass is 9.73. The molecule has 0 radical (unpaired) electrons. The largest absolute Gasteiger partial charge is 0.508 e. The van der Waals surface area contributed by atoms with Crippen molar-refractivity contribution in [2.75, 3.05) is 0 Å². The van der Waals surface area contributed by atoms with E-state index < -0.39 is 44.4 Å². The summed E-state index contributed by atoms with van der Waals surface area (Å²) in [5, 5.41) is 62.5. The molecule has 0 aliphatic rings. The van der Waals surface area contributed by atoms with Crippen molar-refractivity contribution in [1.82, 2.24) is 0 Å². The third-order valence-electron chi connectivity index (χ3n) is 22.6. The number of carbonyl (C=O) groups is 2. The van der Waals surface area contributed by atoms with E-state index in [1.54, 1.807) is 97.1 Å². The third kappa shape index (κ3) is 14.5. The van der Waals surface area contributed by atoms with E-state index in [0.29, 0.717) is 44.5 Å². The molecule has 0 aliphatic carbocycles. The first kappa shape index (κ1) is 73.9. The Morgan fingerprint density at radius 2 is 0.324 bits per heavy atom. The Bertz CT molecular complexity index is 5060. The summed E-state index contributed by atoms with van der Waals surface area (Å²) in [6.45, 7) is 25.4. The van der Waals surface area contributed by atoms with E-state index in [1.165, 1.54) is 0 Å². The summed E-state index contributed by atoms with van der Waals surface area (Å²) >= 11 is 0. The number of esters is 2. The number of rotatable bonds is 20. The van der Waals surface area contributed by atoms with Crippen LogP contribution in [0.1, 0.15) is 171 Å². The van der Waals surface area contributed by atoms with Gasteiger partial charge in [0.2, 0.25) is 0 Å². The molecule has 0 unspecified atom stereocenters. The molecule has 0 fully saturated rings. The Balaban J connectivity index is 1.13. The lowest BCUT2D eigenvalue weighted by molar-refractivity contribution is 0.0693. The first-order chi connectivity index (χ1) is 51.3. The smallest absolute Gasteiger partial charge is 0.345 e. The molecule has 13 rings (SSSR count). The zero-order valence-corrected chi connectivity index (χ0v) is 63.0. The van der Waals surface area contributed by atoms with Crippen LogP contribution in [0.5, 0.6) is 46.0 Å². The van der Waals surface area contributed by atoms with Crippen LogP contribution in [0.2, 0.25) is 0 Å². The maximum absolute atomic E-state index is 17.0. The van der Waals surface area contributed by atoms with Gasteiger partial charge < -0.3 is 40.1 Å². The number of carbonyl (C=O) groups excluding carboxylic acids is 2. The lowest BCUT2D eigenvalue weighted by Crippen LogP contribution is -2.23. The van der Waals surface area contributed by atoms with E-state index in [4.69, 9.17) is 9.47 Å². The van der Waals surface area contributed by atoms with Crippen molar-refractivity contribution in [3.05, 3.63) is 369 Å². The molecule has 0 saturated carbocycles. The molecule has 13 aromatic rings. The Morgan fingerprint density at radius 3 is 0.481 bits per heavy atom. The Labute approximate surface area is 633 Å². The van der Waals surface area contributed by atoms with Gasteiger partial charge in [0, 0.05) is 43.6 Å². The van der Waals surface area contributed by atoms with Gasteiger partial charge in [-0.1, -0.05) is 277 Å². The quantitative estimate of drug-likeness (QED) is 0.0318. The van der Waals surface area contributed by atoms with Crippen LogP contribution in [0.4, 0.5) is 0 Å². The van der Waals surface area contributed by atoms with Crippen molar-refractivity contribution in [1.29, 1.82) is 0 Å². The maximum Gasteiger partial charge on any atom is 0.345 e. The van der Waals surface area contributed by atoms with Crippen molar-refractivity contribution in [3.8, 4) is 90.5 Å². The van der Waals surface area contributed by atoms with Gasteiger partial charge in [0.1, 0.15) is 46.0 Å².